The maximum absolute atomic E-state index is 12.4. The smallest absolute Gasteiger partial charge is 0.222 e. The molecule has 1 aromatic heterocycles. The van der Waals surface area contributed by atoms with Crippen LogP contribution < -0.4 is 4.90 Å². The summed E-state index contributed by atoms with van der Waals surface area (Å²) in [5, 5.41) is 0. The molecule has 0 aliphatic carbocycles. The topological polar surface area (TPSA) is 52.6 Å². The van der Waals surface area contributed by atoms with Gasteiger partial charge in [-0.1, -0.05) is 6.92 Å². The van der Waals surface area contributed by atoms with Crippen molar-refractivity contribution >= 4 is 11.7 Å². The van der Waals surface area contributed by atoms with Crippen LogP contribution in [0, 0.1) is 19.3 Å². The van der Waals surface area contributed by atoms with Crippen LogP contribution >= 0.6 is 0 Å². The number of likely N-dealkylation sites (tertiary alicyclic amines) is 1. The van der Waals surface area contributed by atoms with Crippen LogP contribution in [0.25, 0.3) is 0 Å². The molecule has 0 saturated carbocycles. The van der Waals surface area contributed by atoms with Gasteiger partial charge in [-0.15, -0.1) is 0 Å². The molecule has 1 atom stereocenters. The minimum Gasteiger partial charge on any atom is -0.356 e. The summed E-state index contributed by atoms with van der Waals surface area (Å²) >= 11 is 0. The largest absolute Gasteiger partial charge is 0.356 e. The number of carbonyl (C=O) groups excluding carboxylic acids is 1. The molecule has 3 rings (SSSR count). The Hall–Kier alpha value is -1.69. The SMILES string of the molecule is CCc1c(C)nc(C)nc1N1CCC[C@@]2(CCC(=O)N(CCN(C)C)C2)C1. The molecule has 0 bridgehead atoms. The van der Waals surface area contributed by atoms with Crippen LogP contribution in [0.15, 0.2) is 0 Å². The summed E-state index contributed by atoms with van der Waals surface area (Å²) in [6, 6.07) is 0. The van der Waals surface area contributed by atoms with Crippen LogP contribution in [0.1, 0.15) is 49.7 Å². The van der Waals surface area contributed by atoms with Crippen molar-refractivity contribution in [1.29, 1.82) is 0 Å². The molecule has 27 heavy (non-hydrogen) atoms. The van der Waals surface area contributed by atoms with Crippen LogP contribution in [0.5, 0.6) is 0 Å². The molecule has 0 aromatic carbocycles. The van der Waals surface area contributed by atoms with Gasteiger partial charge in [-0.25, -0.2) is 9.97 Å². The summed E-state index contributed by atoms with van der Waals surface area (Å²) in [7, 11) is 4.14. The highest BCUT2D eigenvalue weighted by molar-refractivity contribution is 5.77. The molecular formula is C21H35N5O. The van der Waals surface area contributed by atoms with E-state index in [-0.39, 0.29) is 5.41 Å². The average molecular weight is 374 g/mol. The summed E-state index contributed by atoms with van der Waals surface area (Å²) in [6.07, 6.45) is 5.02. The molecular weight excluding hydrogens is 338 g/mol. The molecule has 1 spiro atoms. The monoisotopic (exact) mass is 373 g/mol. The molecule has 150 valence electrons. The van der Waals surface area contributed by atoms with Gasteiger partial charge in [-0.2, -0.15) is 0 Å². The zero-order chi connectivity index (χ0) is 19.6. The van der Waals surface area contributed by atoms with Gasteiger partial charge in [0.25, 0.3) is 0 Å². The van der Waals surface area contributed by atoms with E-state index in [0.29, 0.717) is 12.3 Å². The zero-order valence-corrected chi connectivity index (χ0v) is 17.7. The molecule has 0 unspecified atom stereocenters. The Balaban J connectivity index is 1.80. The quantitative estimate of drug-likeness (QED) is 0.793. The maximum Gasteiger partial charge on any atom is 0.222 e. The first kappa shape index (κ1) is 20.1. The highest BCUT2D eigenvalue weighted by Gasteiger charge is 2.42. The number of nitrogens with zero attached hydrogens (tertiary/aromatic N) is 5. The van der Waals surface area contributed by atoms with Gasteiger partial charge in [0.05, 0.1) is 0 Å². The number of piperidine rings is 2. The van der Waals surface area contributed by atoms with E-state index < -0.39 is 0 Å². The second-order valence-electron chi connectivity index (χ2n) is 8.66. The van der Waals surface area contributed by atoms with Crippen molar-refractivity contribution in [1.82, 2.24) is 19.8 Å². The van der Waals surface area contributed by atoms with Crippen molar-refractivity contribution < 1.29 is 4.79 Å². The normalized spacial score (nSPS) is 23.6. The molecule has 2 saturated heterocycles. The molecule has 1 aromatic rings. The van der Waals surface area contributed by atoms with E-state index in [9.17, 15) is 4.79 Å². The van der Waals surface area contributed by atoms with E-state index >= 15 is 0 Å². The van der Waals surface area contributed by atoms with Crippen LogP contribution in [-0.2, 0) is 11.2 Å². The predicted octanol–water partition coefficient (Wildman–Crippen LogP) is 2.43. The molecule has 6 nitrogen and oxygen atoms in total. The minimum absolute atomic E-state index is 0.205. The van der Waals surface area contributed by atoms with E-state index in [0.717, 1.165) is 62.9 Å². The van der Waals surface area contributed by atoms with Crippen molar-refractivity contribution in [3.8, 4) is 0 Å². The van der Waals surface area contributed by atoms with Crippen molar-refractivity contribution in [3.63, 3.8) is 0 Å². The fourth-order valence-corrected chi connectivity index (χ4v) is 4.74. The number of hydrogen-bond donors (Lipinski definition) is 0. The van der Waals surface area contributed by atoms with Crippen molar-refractivity contribution in [2.45, 2.75) is 52.9 Å². The fourth-order valence-electron chi connectivity index (χ4n) is 4.74. The van der Waals surface area contributed by atoms with Gasteiger partial charge in [0, 0.05) is 55.8 Å². The van der Waals surface area contributed by atoms with E-state index in [4.69, 9.17) is 4.98 Å². The Labute approximate surface area is 164 Å². The van der Waals surface area contributed by atoms with Crippen LogP contribution in [-0.4, -0.2) is 72.5 Å². The fraction of sp³-hybridized carbons (Fsp3) is 0.762. The van der Waals surface area contributed by atoms with Crippen LogP contribution in [0.4, 0.5) is 5.82 Å². The number of likely N-dealkylation sites (N-methyl/N-ethyl adjacent to an activating group) is 1. The second-order valence-corrected chi connectivity index (χ2v) is 8.66. The summed E-state index contributed by atoms with van der Waals surface area (Å²) < 4.78 is 0. The number of anilines is 1. The lowest BCUT2D eigenvalue weighted by molar-refractivity contribution is -0.138. The predicted molar refractivity (Wildman–Crippen MR) is 109 cm³/mol. The van der Waals surface area contributed by atoms with Crippen LogP contribution in [0.3, 0.4) is 0 Å². The molecule has 1 amide bonds. The van der Waals surface area contributed by atoms with Gasteiger partial charge in [0.1, 0.15) is 11.6 Å². The van der Waals surface area contributed by atoms with Gasteiger partial charge in [0.2, 0.25) is 5.91 Å². The molecule has 2 aliphatic heterocycles. The number of hydrogen-bond acceptors (Lipinski definition) is 5. The average Bonchev–Trinajstić information content (AvgIpc) is 2.62. The Bertz CT molecular complexity index is 689. The minimum atomic E-state index is 0.205. The number of carbonyl (C=O) groups is 1. The van der Waals surface area contributed by atoms with Gasteiger partial charge >= 0.3 is 0 Å². The third-order valence-electron chi connectivity index (χ3n) is 6.18. The van der Waals surface area contributed by atoms with E-state index in [1.807, 2.05) is 6.92 Å². The molecule has 3 heterocycles. The third kappa shape index (κ3) is 4.42. The highest BCUT2D eigenvalue weighted by atomic mass is 16.2. The zero-order valence-electron chi connectivity index (χ0n) is 17.7. The summed E-state index contributed by atoms with van der Waals surface area (Å²) in [4.78, 5) is 28.6. The van der Waals surface area contributed by atoms with Gasteiger partial charge in [-0.05, 0) is 53.6 Å². The number of amides is 1. The lowest BCUT2D eigenvalue weighted by Crippen LogP contribution is -2.55. The lowest BCUT2D eigenvalue weighted by Gasteiger charge is -2.49. The van der Waals surface area contributed by atoms with Crippen molar-refractivity contribution in [2.75, 3.05) is 51.7 Å². The summed E-state index contributed by atoms with van der Waals surface area (Å²) in [6.45, 7) is 11.0. The van der Waals surface area contributed by atoms with Crippen LogP contribution in [0.2, 0.25) is 0 Å². The number of aryl methyl sites for hydroxylation is 2. The third-order valence-corrected chi connectivity index (χ3v) is 6.18. The molecule has 2 aliphatic rings. The molecule has 0 N–H and O–H groups in total. The van der Waals surface area contributed by atoms with E-state index in [2.05, 4.69) is 47.6 Å². The molecule has 2 fully saturated rings. The number of aromatic nitrogens is 2. The van der Waals surface area contributed by atoms with E-state index in [1.165, 1.54) is 18.4 Å². The van der Waals surface area contributed by atoms with Gasteiger partial charge < -0.3 is 14.7 Å². The number of rotatable bonds is 5. The Morgan fingerprint density at radius 1 is 1.15 bits per heavy atom. The summed E-state index contributed by atoms with van der Waals surface area (Å²) in [5.41, 5.74) is 2.58. The highest BCUT2D eigenvalue weighted by Crippen LogP contribution is 2.40. The second kappa shape index (κ2) is 8.13. The first-order valence-corrected chi connectivity index (χ1v) is 10.3. The molecule has 6 heteroatoms. The first-order chi connectivity index (χ1) is 12.8. The Kier molecular flexibility index (Phi) is 6.04. The van der Waals surface area contributed by atoms with Crippen molar-refractivity contribution in [2.24, 2.45) is 5.41 Å². The lowest BCUT2D eigenvalue weighted by atomic mass is 9.73. The first-order valence-electron chi connectivity index (χ1n) is 10.3. The Morgan fingerprint density at radius 3 is 2.63 bits per heavy atom. The van der Waals surface area contributed by atoms with E-state index in [1.54, 1.807) is 0 Å². The van der Waals surface area contributed by atoms with Gasteiger partial charge in [-0.3, -0.25) is 4.79 Å². The summed E-state index contributed by atoms with van der Waals surface area (Å²) in [5.74, 6) is 2.30. The maximum atomic E-state index is 12.4. The van der Waals surface area contributed by atoms with Gasteiger partial charge in [0.15, 0.2) is 0 Å². The van der Waals surface area contributed by atoms with Crippen molar-refractivity contribution in [3.05, 3.63) is 17.1 Å². The molecule has 0 radical (unpaired) electrons. The Morgan fingerprint density at radius 2 is 1.93 bits per heavy atom. The standard InChI is InChI=1S/C21H35N5O/c1-6-18-16(2)22-17(3)23-20(18)26-11-7-9-21(15-26)10-8-19(27)25(14-21)13-12-24(4)5/h6-15H2,1-5H3/t21-/m0/s1.